The lowest BCUT2D eigenvalue weighted by molar-refractivity contribution is -0.0493. The first-order chi connectivity index (χ1) is 6.44. The molecule has 1 aliphatic heterocycles. The van der Waals surface area contributed by atoms with Crippen molar-refractivity contribution < 1.29 is 9.47 Å². The number of nitrogens with zero attached hydrogens (tertiary/aromatic N) is 1. The van der Waals surface area contributed by atoms with Crippen molar-refractivity contribution in [1.82, 2.24) is 4.90 Å². The summed E-state index contributed by atoms with van der Waals surface area (Å²) < 4.78 is 11.2. The van der Waals surface area contributed by atoms with Crippen LogP contribution < -0.4 is 0 Å². The van der Waals surface area contributed by atoms with E-state index in [0.29, 0.717) is 12.6 Å². The van der Waals surface area contributed by atoms with Gasteiger partial charge in [0.25, 0.3) is 0 Å². The van der Waals surface area contributed by atoms with Gasteiger partial charge in [-0.3, -0.25) is 4.90 Å². The van der Waals surface area contributed by atoms with E-state index in [0.717, 1.165) is 13.1 Å². The number of hydrogen-bond acceptors (Lipinski definition) is 3. The minimum Gasteiger partial charge on any atom is -0.378 e. The minimum atomic E-state index is -0.0580. The minimum absolute atomic E-state index is 0.0580. The third-order valence-corrected chi connectivity index (χ3v) is 2.75. The highest BCUT2D eigenvalue weighted by Gasteiger charge is 2.30. The van der Waals surface area contributed by atoms with Gasteiger partial charge < -0.3 is 9.47 Å². The zero-order valence-electron chi connectivity index (χ0n) is 10.0. The molecule has 0 spiro atoms. The Kier molecular flexibility index (Phi) is 3.93. The Hall–Kier alpha value is -0.120. The second-order valence-corrected chi connectivity index (χ2v) is 4.95. The third kappa shape index (κ3) is 3.23. The van der Waals surface area contributed by atoms with Gasteiger partial charge in [0.05, 0.1) is 18.3 Å². The van der Waals surface area contributed by atoms with Crippen molar-refractivity contribution in [2.75, 3.05) is 26.8 Å². The van der Waals surface area contributed by atoms with Crippen LogP contribution in [0.15, 0.2) is 0 Å². The second-order valence-electron chi connectivity index (χ2n) is 4.95. The normalized spacial score (nSPS) is 29.1. The predicted octanol–water partition coefficient (Wildman–Crippen LogP) is 1.52. The SMILES string of the molecule is CO[C@H]1COC(C)(C)CN(C(C)C)C1. The van der Waals surface area contributed by atoms with Gasteiger partial charge in [0, 0.05) is 26.2 Å². The van der Waals surface area contributed by atoms with Gasteiger partial charge in [-0.25, -0.2) is 0 Å². The van der Waals surface area contributed by atoms with E-state index in [9.17, 15) is 0 Å². The number of ether oxygens (including phenoxy) is 2. The maximum atomic E-state index is 5.81. The fraction of sp³-hybridized carbons (Fsp3) is 1.00. The fourth-order valence-corrected chi connectivity index (χ4v) is 1.77. The molecule has 3 heteroatoms. The van der Waals surface area contributed by atoms with Crippen LogP contribution in [0, 0.1) is 0 Å². The van der Waals surface area contributed by atoms with E-state index in [1.807, 2.05) is 0 Å². The predicted molar refractivity (Wildman–Crippen MR) is 57.5 cm³/mol. The summed E-state index contributed by atoms with van der Waals surface area (Å²) in [6.45, 7) is 11.4. The molecule has 14 heavy (non-hydrogen) atoms. The van der Waals surface area contributed by atoms with E-state index in [2.05, 4.69) is 32.6 Å². The average molecular weight is 201 g/mol. The molecule has 0 saturated carbocycles. The molecule has 84 valence electrons. The fourth-order valence-electron chi connectivity index (χ4n) is 1.77. The number of rotatable bonds is 2. The monoisotopic (exact) mass is 201 g/mol. The van der Waals surface area contributed by atoms with Gasteiger partial charge in [0.2, 0.25) is 0 Å². The lowest BCUT2D eigenvalue weighted by Gasteiger charge is -2.31. The summed E-state index contributed by atoms with van der Waals surface area (Å²) in [5.41, 5.74) is -0.0580. The molecule has 1 atom stereocenters. The first kappa shape index (κ1) is 12.0. The van der Waals surface area contributed by atoms with E-state index in [4.69, 9.17) is 9.47 Å². The summed E-state index contributed by atoms with van der Waals surface area (Å²) in [5.74, 6) is 0. The summed E-state index contributed by atoms with van der Waals surface area (Å²) in [6, 6.07) is 0.550. The lowest BCUT2D eigenvalue weighted by atomic mass is 10.1. The molecule has 1 aliphatic rings. The maximum absolute atomic E-state index is 5.81. The van der Waals surface area contributed by atoms with E-state index >= 15 is 0 Å². The van der Waals surface area contributed by atoms with Crippen molar-refractivity contribution >= 4 is 0 Å². The molecule has 1 fully saturated rings. The zero-order chi connectivity index (χ0) is 10.8. The number of hydrogen-bond donors (Lipinski definition) is 0. The molecule has 0 aromatic heterocycles. The smallest absolute Gasteiger partial charge is 0.0931 e. The van der Waals surface area contributed by atoms with Gasteiger partial charge in [-0.2, -0.15) is 0 Å². The Morgan fingerprint density at radius 2 is 2.07 bits per heavy atom. The molecular weight excluding hydrogens is 178 g/mol. The highest BCUT2D eigenvalue weighted by Crippen LogP contribution is 2.19. The quantitative estimate of drug-likeness (QED) is 0.676. The first-order valence-electron chi connectivity index (χ1n) is 5.35. The molecule has 0 bridgehead atoms. The van der Waals surface area contributed by atoms with Crippen molar-refractivity contribution in [2.45, 2.75) is 45.4 Å². The third-order valence-electron chi connectivity index (χ3n) is 2.75. The van der Waals surface area contributed by atoms with Crippen LogP contribution in [0.3, 0.4) is 0 Å². The largest absolute Gasteiger partial charge is 0.378 e. The lowest BCUT2D eigenvalue weighted by Crippen LogP contribution is -2.43. The Bertz CT molecular complexity index is 180. The van der Waals surface area contributed by atoms with Gasteiger partial charge in [0.15, 0.2) is 0 Å². The van der Waals surface area contributed by atoms with Crippen LogP contribution >= 0.6 is 0 Å². The van der Waals surface area contributed by atoms with Crippen LogP contribution in [0.25, 0.3) is 0 Å². The van der Waals surface area contributed by atoms with Crippen molar-refractivity contribution in [3.8, 4) is 0 Å². The van der Waals surface area contributed by atoms with Gasteiger partial charge in [-0.05, 0) is 27.7 Å². The van der Waals surface area contributed by atoms with Crippen molar-refractivity contribution in [2.24, 2.45) is 0 Å². The Labute approximate surface area is 87.4 Å². The molecular formula is C11H23NO2. The van der Waals surface area contributed by atoms with Crippen LogP contribution in [0.4, 0.5) is 0 Å². The van der Waals surface area contributed by atoms with E-state index in [1.54, 1.807) is 7.11 Å². The maximum Gasteiger partial charge on any atom is 0.0931 e. The van der Waals surface area contributed by atoms with Gasteiger partial charge in [-0.15, -0.1) is 0 Å². The van der Waals surface area contributed by atoms with E-state index in [1.165, 1.54) is 0 Å². The van der Waals surface area contributed by atoms with Crippen molar-refractivity contribution in [3.63, 3.8) is 0 Å². The van der Waals surface area contributed by atoms with Gasteiger partial charge in [-0.1, -0.05) is 0 Å². The van der Waals surface area contributed by atoms with E-state index < -0.39 is 0 Å². The molecule has 0 aromatic rings. The molecule has 0 unspecified atom stereocenters. The summed E-state index contributed by atoms with van der Waals surface area (Å²) in [6.07, 6.45) is 0.208. The molecule has 1 saturated heterocycles. The topological polar surface area (TPSA) is 21.7 Å². The Morgan fingerprint density at radius 3 is 2.57 bits per heavy atom. The van der Waals surface area contributed by atoms with Crippen LogP contribution in [-0.4, -0.2) is 49.5 Å². The summed E-state index contributed by atoms with van der Waals surface area (Å²) in [4.78, 5) is 2.42. The number of methoxy groups -OCH3 is 1. The summed E-state index contributed by atoms with van der Waals surface area (Å²) >= 11 is 0. The molecule has 3 nitrogen and oxygen atoms in total. The summed E-state index contributed by atoms with van der Waals surface area (Å²) in [7, 11) is 1.75. The highest BCUT2D eigenvalue weighted by molar-refractivity contribution is 4.82. The van der Waals surface area contributed by atoms with Crippen LogP contribution in [0.2, 0.25) is 0 Å². The van der Waals surface area contributed by atoms with Crippen LogP contribution in [0.1, 0.15) is 27.7 Å². The van der Waals surface area contributed by atoms with Gasteiger partial charge in [0.1, 0.15) is 0 Å². The van der Waals surface area contributed by atoms with Crippen molar-refractivity contribution in [3.05, 3.63) is 0 Å². The Morgan fingerprint density at radius 1 is 1.43 bits per heavy atom. The van der Waals surface area contributed by atoms with Crippen molar-refractivity contribution in [1.29, 1.82) is 0 Å². The molecule has 0 amide bonds. The molecule has 1 heterocycles. The molecule has 0 aliphatic carbocycles. The molecule has 1 rings (SSSR count). The molecule has 0 aromatic carbocycles. The van der Waals surface area contributed by atoms with Crippen LogP contribution in [0.5, 0.6) is 0 Å². The first-order valence-corrected chi connectivity index (χ1v) is 5.35. The molecule has 0 radical (unpaired) electrons. The highest BCUT2D eigenvalue weighted by atomic mass is 16.5. The average Bonchev–Trinajstić information content (AvgIpc) is 2.23. The standard InChI is InChI=1S/C11H23NO2/c1-9(2)12-6-10(13-5)7-14-11(3,4)8-12/h9-10H,6-8H2,1-5H3/t10-/m1/s1. The second kappa shape index (κ2) is 4.60. The Balaban J connectivity index is 2.65. The summed E-state index contributed by atoms with van der Waals surface area (Å²) in [5, 5.41) is 0. The van der Waals surface area contributed by atoms with E-state index in [-0.39, 0.29) is 11.7 Å². The van der Waals surface area contributed by atoms with Crippen LogP contribution in [-0.2, 0) is 9.47 Å². The van der Waals surface area contributed by atoms with Gasteiger partial charge >= 0.3 is 0 Å². The zero-order valence-corrected chi connectivity index (χ0v) is 10.0. The molecule has 0 N–H and O–H groups in total.